The number of carbonyl (C=O) groups excluding carboxylic acids is 1. The summed E-state index contributed by atoms with van der Waals surface area (Å²) < 4.78 is 0. The summed E-state index contributed by atoms with van der Waals surface area (Å²) in [4.78, 5) is 22.3. The lowest BCUT2D eigenvalue weighted by molar-refractivity contribution is 0.0420. The predicted molar refractivity (Wildman–Crippen MR) is 97.7 cm³/mol. The van der Waals surface area contributed by atoms with Crippen molar-refractivity contribution in [2.45, 2.75) is 43.7 Å². The van der Waals surface area contributed by atoms with Gasteiger partial charge in [0.05, 0.1) is 11.1 Å². The van der Waals surface area contributed by atoms with Crippen LogP contribution in [-0.4, -0.2) is 40.0 Å². The molecule has 0 radical (unpaired) electrons. The van der Waals surface area contributed by atoms with E-state index in [1.807, 2.05) is 18.2 Å². The molecule has 0 bridgehead atoms. The molecule has 4 nitrogen and oxygen atoms in total. The van der Waals surface area contributed by atoms with Gasteiger partial charge in [-0.1, -0.05) is 23.8 Å². The normalized spacial score (nSPS) is 22.3. The van der Waals surface area contributed by atoms with Crippen molar-refractivity contribution >= 4 is 11.6 Å². The second-order valence-corrected chi connectivity index (χ2v) is 8.00. The van der Waals surface area contributed by atoms with E-state index in [9.17, 15) is 4.79 Å². The average Bonchev–Trinajstić information content (AvgIpc) is 3.56. The van der Waals surface area contributed by atoms with E-state index >= 15 is 0 Å². The first-order valence-corrected chi connectivity index (χ1v) is 9.19. The van der Waals surface area contributed by atoms with E-state index < -0.39 is 0 Å². The number of pyridine rings is 1. The van der Waals surface area contributed by atoms with E-state index in [0.29, 0.717) is 5.69 Å². The van der Waals surface area contributed by atoms with E-state index in [0.717, 1.165) is 38.8 Å². The summed E-state index contributed by atoms with van der Waals surface area (Å²) in [7, 11) is 0. The first-order valence-electron chi connectivity index (χ1n) is 9.19. The molecule has 1 amide bonds. The van der Waals surface area contributed by atoms with Gasteiger partial charge in [-0.25, -0.2) is 0 Å². The van der Waals surface area contributed by atoms with Crippen LogP contribution in [0.4, 0.5) is 5.69 Å². The van der Waals surface area contributed by atoms with Crippen LogP contribution in [0.5, 0.6) is 0 Å². The van der Waals surface area contributed by atoms with Crippen molar-refractivity contribution in [1.82, 2.24) is 9.88 Å². The van der Waals surface area contributed by atoms with Gasteiger partial charge in [-0.05, 0) is 56.9 Å². The number of hydrogen-bond donors (Lipinski definition) is 0. The third kappa shape index (κ3) is 2.35. The molecule has 3 aliphatic rings. The lowest BCUT2D eigenvalue weighted by atomic mass is 9.99. The highest BCUT2D eigenvalue weighted by atomic mass is 16.2. The van der Waals surface area contributed by atoms with Crippen LogP contribution in [0.3, 0.4) is 0 Å². The van der Waals surface area contributed by atoms with Gasteiger partial charge in [-0.2, -0.15) is 0 Å². The number of hydrogen-bond acceptors (Lipinski definition) is 3. The molecule has 128 valence electrons. The first kappa shape index (κ1) is 14.9. The van der Waals surface area contributed by atoms with Crippen LogP contribution in [0.25, 0.3) is 0 Å². The molecule has 2 saturated carbocycles. The fourth-order valence-electron chi connectivity index (χ4n) is 4.44. The molecular weight excluding hydrogens is 310 g/mol. The third-order valence-corrected chi connectivity index (χ3v) is 6.06. The molecule has 1 aliphatic heterocycles. The van der Waals surface area contributed by atoms with Crippen molar-refractivity contribution < 1.29 is 4.79 Å². The zero-order valence-corrected chi connectivity index (χ0v) is 14.6. The van der Waals surface area contributed by atoms with Gasteiger partial charge in [0.1, 0.15) is 5.69 Å². The molecule has 4 heteroatoms. The smallest absolute Gasteiger partial charge is 0.273 e. The Hall–Kier alpha value is -2.36. The molecule has 2 aromatic rings. The summed E-state index contributed by atoms with van der Waals surface area (Å²) in [6.45, 7) is 4.00. The Balaban J connectivity index is 1.48. The van der Waals surface area contributed by atoms with Gasteiger partial charge in [-0.3, -0.25) is 9.78 Å². The van der Waals surface area contributed by atoms with E-state index in [-0.39, 0.29) is 17.0 Å². The number of carbonyl (C=O) groups is 1. The summed E-state index contributed by atoms with van der Waals surface area (Å²) in [5, 5.41) is 0. The van der Waals surface area contributed by atoms with Gasteiger partial charge < -0.3 is 9.80 Å². The average molecular weight is 333 g/mol. The molecule has 25 heavy (non-hydrogen) atoms. The lowest BCUT2D eigenvalue weighted by Crippen LogP contribution is -2.64. The molecule has 0 atom stereocenters. The van der Waals surface area contributed by atoms with Crippen LogP contribution in [0.15, 0.2) is 48.7 Å². The molecule has 5 rings (SSSR count). The summed E-state index contributed by atoms with van der Waals surface area (Å²) >= 11 is 0. The first-order chi connectivity index (χ1) is 12.1. The zero-order chi connectivity index (χ0) is 17.1. The van der Waals surface area contributed by atoms with Crippen molar-refractivity contribution in [3.63, 3.8) is 0 Å². The Bertz CT molecular complexity index is 785. The van der Waals surface area contributed by atoms with E-state index in [2.05, 4.69) is 46.0 Å². The number of nitrogens with zero attached hydrogens (tertiary/aromatic N) is 3. The highest BCUT2D eigenvalue weighted by molar-refractivity contribution is 5.94. The number of aryl methyl sites for hydroxylation is 1. The van der Waals surface area contributed by atoms with Gasteiger partial charge in [0.25, 0.3) is 5.91 Å². The molecule has 3 fully saturated rings. The van der Waals surface area contributed by atoms with Crippen LogP contribution < -0.4 is 4.90 Å². The maximum atomic E-state index is 13.2. The lowest BCUT2D eigenvalue weighted by Gasteiger charge is -2.49. The van der Waals surface area contributed by atoms with Crippen molar-refractivity contribution in [2.75, 3.05) is 18.0 Å². The minimum Gasteiger partial charge on any atom is -0.367 e. The molecule has 2 aliphatic carbocycles. The van der Waals surface area contributed by atoms with E-state index in [1.165, 1.54) is 11.3 Å². The van der Waals surface area contributed by atoms with Gasteiger partial charge in [0.2, 0.25) is 0 Å². The second kappa shape index (κ2) is 5.07. The Morgan fingerprint density at radius 1 is 0.960 bits per heavy atom. The molecule has 0 unspecified atom stereocenters. The zero-order valence-electron chi connectivity index (χ0n) is 14.6. The van der Waals surface area contributed by atoms with Crippen LogP contribution in [0.2, 0.25) is 0 Å². The molecular formula is C21H23N3O. The Morgan fingerprint density at radius 2 is 1.60 bits per heavy atom. The van der Waals surface area contributed by atoms with Crippen molar-refractivity contribution in [2.24, 2.45) is 0 Å². The van der Waals surface area contributed by atoms with Crippen LogP contribution >= 0.6 is 0 Å². The quantitative estimate of drug-likeness (QED) is 0.845. The number of aromatic nitrogens is 1. The maximum Gasteiger partial charge on any atom is 0.273 e. The van der Waals surface area contributed by atoms with Gasteiger partial charge in [0.15, 0.2) is 0 Å². The third-order valence-electron chi connectivity index (χ3n) is 6.06. The van der Waals surface area contributed by atoms with Crippen molar-refractivity contribution in [3.8, 4) is 0 Å². The van der Waals surface area contributed by atoms with Crippen molar-refractivity contribution in [3.05, 3.63) is 59.9 Å². The molecule has 1 aromatic carbocycles. The SMILES string of the molecule is Cc1ccc(N2CC3(CC3)N(C(=O)c3ccccn3)C3(CC3)C2)cc1. The van der Waals surface area contributed by atoms with Crippen LogP contribution in [0.1, 0.15) is 41.7 Å². The summed E-state index contributed by atoms with van der Waals surface area (Å²) in [6.07, 6.45) is 6.14. The highest BCUT2D eigenvalue weighted by Crippen LogP contribution is 2.57. The van der Waals surface area contributed by atoms with Gasteiger partial charge in [0, 0.05) is 25.0 Å². The Morgan fingerprint density at radius 3 is 2.12 bits per heavy atom. The minimum atomic E-state index is 0.00818. The maximum absolute atomic E-state index is 13.2. The Labute approximate surface area is 148 Å². The fraction of sp³-hybridized carbons (Fsp3) is 0.429. The predicted octanol–water partition coefficient (Wildman–Crippen LogP) is 3.42. The molecule has 2 heterocycles. The molecule has 2 spiro atoms. The topological polar surface area (TPSA) is 36.4 Å². The number of rotatable bonds is 2. The number of piperazine rings is 1. The van der Waals surface area contributed by atoms with Gasteiger partial charge in [-0.15, -0.1) is 0 Å². The van der Waals surface area contributed by atoms with Crippen molar-refractivity contribution in [1.29, 1.82) is 0 Å². The standard InChI is InChI=1S/C21H23N3O/c1-16-5-7-17(8-6-16)23-14-20(9-10-20)24(21(15-23)11-12-21)19(25)18-4-2-3-13-22-18/h2-8,13H,9-12,14-15H2,1H3. The van der Waals surface area contributed by atoms with Crippen LogP contribution in [0, 0.1) is 6.92 Å². The van der Waals surface area contributed by atoms with Gasteiger partial charge >= 0.3 is 0 Å². The Kier molecular flexibility index (Phi) is 3.03. The molecule has 1 saturated heterocycles. The summed E-state index contributed by atoms with van der Waals surface area (Å²) in [5.41, 5.74) is 3.18. The number of anilines is 1. The largest absolute Gasteiger partial charge is 0.367 e. The monoisotopic (exact) mass is 333 g/mol. The van der Waals surface area contributed by atoms with Crippen LogP contribution in [-0.2, 0) is 0 Å². The minimum absolute atomic E-state index is 0.00818. The second-order valence-electron chi connectivity index (χ2n) is 8.00. The highest BCUT2D eigenvalue weighted by Gasteiger charge is 2.66. The van der Waals surface area contributed by atoms with E-state index in [4.69, 9.17) is 0 Å². The summed E-state index contributed by atoms with van der Waals surface area (Å²) in [6, 6.07) is 14.4. The van der Waals surface area contributed by atoms with E-state index in [1.54, 1.807) is 6.20 Å². The number of amides is 1. The fourth-order valence-corrected chi connectivity index (χ4v) is 4.44. The molecule has 0 N–H and O–H groups in total. The molecule has 1 aromatic heterocycles. The summed E-state index contributed by atoms with van der Waals surface area (Å²) in [5.74, 6) is 0.124. The number of benzene rings is 1.